The predicted octanol–water partition coefficient (Wildman–Crippen LogP) is 3.36. The molecule has 0 spiro atoms. The van der Waals surface area contributed by atoms with Gasteiger partial charge in [0, 0.05) is 24.5 Å². The van der Waals surface area contributed by atoms with Gasteiger partial charge < -0.3 is 4.90 Å². The summed E-state index contributed by atoms with van der Waals surface area (Å²) in [6.07, 6.45) is 5.08. The second kappa shape index (κ2) is 6.48. The van der Waals surface area contributed by atoms with Crippen LogP contribution in [0.1, 0.15) is 29.4 Å². The van der Waals surface area contributed by atoms with Crippen LogP contribution in [0.3, 0.4) is 0 Å². The number of hydrogen-bond donors (Lipinski definition) is 0. The van der Waals surface area contributed by atoms with Crippen LogP contribution >= 0.6 is 11.6 Å². The van der Waals surface area contributed by atoms with Gasteiger partial charge in [-0.25, -0.2) is 4.98 Å². The fourth-order valence-electron chi connectivity index (χ4n) is 1.92. The Hall–Kier alpha value is -1.94. The third-order valence-corrected chi connectivity index (χ3v) is 3.13. The monoisotopic (exact) mass is 289 g/mol. The average Bonchev–Trinajstić information content (AvgIpc) is 2.46. The first-order chi connectivity index (χ1) is 9.61. The molecule has 0 fully saturated rings. The highest BCUT2D eigenvalue weighted by Crippen LogP contribution is 2.17. The maximum atomic E-state index is 12.5. The van der Waals surface area contributed by atoms with E-state index in [-0.39, 0.29) is 5.91 Å². The van der Waals surface area contributed by atoms with Gasteiger partial charge in [0.15, 0.2) is 0 Å². The Balaban J connectivity index is 2.29. The van der Waals surface area contributed by atoms with Gasteiger partial charge in [-0.3, -0.25) is 9.78 Å². The molecule has 0 saturated heterocycles. The van der Waals surface area contributed by atoms with Gasteiger partial charge in [0.05, 0.1) is 11.9 Å². The van der Waals surface area contributed by atoms with Crippen LogP contribution in [0.15, 0.2) is 36.7 Å². The minimum atomic E-state index is -0.125. The lowest BCUT2D eigenvalue weighted by atomic mass is 10.1. The Morgan fingerprint density at radius 1 is 1.40 bits per heavy atom. The summed E-state index contributed by atoms with van der Waals surface area (Å²) >= 11 is 5.99. The zero-order valence-corrected chi connectivity index (χ0v) is 12.3. The first-order valence-corrected chi connectivity index (χ1v) is 6.84. The lowest BCUT2D eigenvalue weighted by molar-refractivity contribution is 0.0992. The van der Waals surface area contributed by atoms with Crippen molar-refractivity contribution in [3.05, 3.63) is 53.1 Å². The molecular formula is C15H16ClN3O. The van der Waals surface area contributed by atoms with Gasteiger partial charge in [-0.15, -0.1) is 0 Å². The maximum Gasteiger partial charge on any atom is 0.258 e. The van der Waals surface area contributed by atoms with Crippen LogP contribution in [0.25, 0.3) is 0 Å². The molecule has 4 nitrogen and oxygen atoms in total. The van der Waals surface area contributed by atoms with Crippen molar-refractivity contribution < 1.29 is 4.79 Å². The summed E-state index contributed by atoms with van der Waals surface area (Å²) in [6.45, 7) is 2.06. The molecule has 0 bridgehead atoms. The van der Waals surface area contributed by atoms with Crippen LogP contribution in [0.4, 0.5) is 5.69 Å². The first kappa shape index (κ1) is 14.5. The number of halogens is 1. The summed E-state index contributed by atoms with van der Waals surface area (Å²) in [6, 6.07) is 7.02. The van der Waals surface area contributed by atoms with Crippen LogP contribution in [0.2, 0.25) is 5.15 Å². The number of carbonyl (C=O) groups excluding carboxylic acids is 1. The third kappa shape index (κ3) is 3.33. The molecule has 0 saturated carbocycles. The zero-order valence-electron chi connectivity index (χ0n) is 11.5. The quantitative estimate of drug-likeness (QED) is 0.811. The molecule has 20 heavy (non-hydrogen) atoms. The molecule has 0 aromatic carbocycles. The Morgan fingerprint density at radius 3 is 2.85 bits per heavy atom. The molecule has 0 aliphatic heterocycles. The third-order valence-electron chi connectivity index (χ3n) is 2.94. The van der Waals surface area contributed by atoms with Crippen LogP contribution in [0.5, 0.6) is 0 Å². The number of anilines is 1. The van der Waals surface area contributed by atoms with E-state index in [4.69, 9.17) is 11.6 Å². The fourth-order valence-corrected chi connectivity index (χ4v) is 2.15. The molecule has 2 aromatic heterocycles. The maximum absolute atomic E-state index is 12.5. The van der Waals surface area contributed by atoms with Crippen LogP contribution in [0, 0.1) is 0 Å². The van der Waals surface area contributed by atoms with Crippen molar-refractivity contribution in [2.75, 3.05) is 11.9 Å². The zero-order chi connectivity index (χ0) is 14.5. The van der Waals surface area contributed by atoms with Crippen molar-refractivity contribution >= 4 is 23.2 Å². The molecular weight excluding hydrogens is 274 g/mol. The second-order valence-corrected chi connectivity index (χ2v) is 4.88. The van der Waals surface area contributed by atoms with E-state index in [0.29, 0.717) is 10.7 Å². The van der Waals surface area contributed by atoms with Crippen molar-refractivity contribution in [1.82, 2.24) is 9.97 Å². The average molecular weight is 290 g/mol. The Labute approximate surface area is 123 Å². The highest BCUT2D eigenvalue weighted by molar-refractivity contribution is 6.29. The van der Waals surface area contributed by atoms with Crippen molar-refractivity contribution in [2.45, 2.75) is 19.8 Å². The normalized spacial score (nSPS) is 10.3. The molecule has 104 valence electrons. The molecule has 0 radical (unpaired) electrons. The number of nitrogens with zero attached hydrogens (tertiary/aromatic N) is 3. The van der Waals surface area contributed by atoms with E-state index in [2.05, 4.69) is 16.9 Å². The van der Waals surface area contributed by atoms with Gasteiger partial charge in [0.2, 0.25) is 0 Å². The van der Waals surface area contributed by atoms with Crippen molar-refractivity contribution in [3.63, 3.8) is 0 Å². The van der Waals surface area contributed by atoms with E-state index in [1.54, 1.807) is 42.5 Å². The van der Waals surface area contributed by atoms with Gasteiger partial charge in [-0.1, -0.05) is 24.9 Å². The molecule has 1 amide bonds. The predicted molar refractivity (Wildman–Crippen MR) is 80.2 cm³/mol. The minimum Gasteiger partial charge on any atom is -0.310 e. The number of pyridine rings is 2. The van der Waals surface area contributed by atoms with E-state index in [0.717, 1.165) is 24.2 Å². The van der Waals surface area contributed by atoms with E-state index >= 15 is 0 Å². The molecule has 2 rings (SSSR count). The topological polar surface area (TPSA) is 46.1 Å². The second-order valence-electron chi connectivity index (χ2n) is 4.50. The summed E-state index contributed by atoms with van der Waals surface area (Å²) < 4.78 is 0. The number of aromatic nitrogens is 2. The SMILES string of the molecule is CCCc1cc(C(=O)N(C)c2cccnc2)cc(Cl)n1. The Morgan fingerprint density at radius 2 is 2.20 bits per heavy atom. The molecule has 0 N–H and O–H groups in total. The lowest BCUT2D eigenvalue weighted by Gasteiger charge is -2.17. The number of carbonyl (C=O) groups is 1. The van der Waals surface area contributed by atoms with E-state index < -0.39 is 0 Å². The van der Waals surface area contributed by atoms with Gasteiger partial charge in [0.25, 0.3) is 5.91 Å². The summed E-state index contributed by atoms with van der Waals surface area (Å²) in [4.78, 5) is 22.2. The molecule has 2 heterocycles. The Bertz CT molecular complexity index is 601. The van der Waals surface area contributed by atoms with Crippen LogP contribution in [-0.4, -0.2) is 22.9 Å². The van der Waals surface area contributed by atoms with Crippen LogP contribution < -0.4 is 4.90 Å². The van der Waals surface area contributed by atoms with E-state index in [1.165, 1.54) is 0 Å². The molecule has 2 aromatic rings. The van der Waals surface area contributed by atoms with Gasteiger partial charge in [0.1, 0.15) is 5.15 Å². The molecule has 0 aliphatic rings. The van der Waals surface area contributed by atoms with Crippen molar-refractivity contribution in [1.29, 1.82) is 0 Å². The first-order valence-electron chi connectivity index (χ1n) is 6.46. The highest BCUT2D eigenvalue weighted by Gasteiger charge is 2.15. The van der Waals surface area contributed by atoms with Crippen molar-refractivity contribution in [3.8, 4) is 0 Å². The lowest BCUT2D eigenvalue weighted by Crippen LogP contribution is -2.26. The van der Waals surface area contributed by atoms with Gasteiger partial charge >= 0.3 is 0 Å². The van der Waals surface area contributed by atoms with E-state index in [1.807, 2.05) is 6.07 Å². The minimum absolute atomic E-state index is 0.125. The van der Waals surface area contributed by atoms with Gasteiger partial charge in [-0.2, -0.15) is 0 Å². The number of amides is 1. The molecule has 0 unspecified atom stereocenters. The summed E-state index contributed by atoms with van der Waals surface area (Å²) in [5, 5.41) is 0.346. The summed E-state index contributed by atoms with van der Waals surface area (Å²) in [7, 11) is 1.72. The largest absolute Gasteiger partial charge is 0.310 e. The molecule has 0 atom stereocenters. The summed E-state index contributed by atoms with van der Waals surface area (Å²) in [5.74, 6) is -0.125. The molecule has 5 heteroatoms. The highest BCUT2D eigenvalue weighted by atomic mass is 35.5. The number of aryl methyl sites for hydroxylation is 1. The number of hydrogen-bond acceptors (Lipinski definition) is 3. The van der Waals surface area contributed by atoms with E-state index in [9.17, 15) is 4.79 Å². The van der Waals surface area contributed by atoms with Crippen molar-refractivity contribution in [2.24, 2.45) is 0 Å². The standard InChI is InChI=1S/C15H16ClN3O/c1-3-5-12-8-11(9-14(16)18-12)15(20)19(2)13-6-4-7-17-10-13/h4,6-10H,3,5H2,1-2H3. The number of rotatable bonds is 4. The fraction of sp³-hybridized carbons (Fsp3) is 0.267. The summed E-state index contributed by atoms with van der Waals surface area (Å²) in [5.41, 5.74) is 2.12. The van der Waals surface area contributed by atoms with Gasteiger partial charge in [-0.05, 0) is 30.7 Å². The molecule has 0 aliphatic carbocycles. The Kier molecular flexibility index (Phi) is 4.69. The van der Waals surface area contributed by atoms with Crippen LogP contribution in [-0.2, 0) is 6.42 Å². The smallest absolute Gasteiger partial charge is 0.258 e.